The van der Waals surface area contributed by atoms with Gasteiger partial charge in [0, 0.05) is 33.6 Å². The molecule has 0 saturated carbocycles. The molecule has 0 spiro atoms. The zero-order valence-corrected chi connectivity index (χ0v) is 18.6. The summed E-state index contributed by atoms with van der Waals surface area (Å²) < 4.78 is 0. The molecule has 0 aliphatic carbocycles. The maximum atomic E-state index is 13.2. The Morgan fingerprint density at radius 3 is 2.26 bits per heavy atom. The fraction of sp³-hybridized carbons (Fsp3) is 0.154. The van der Waals surface area contributed by atoms with Crippen LogP contribution in [0.25, 0.3) is 10.9 Å². The lowest BCUT2D eigenvalue weighted by molar-refractivity contribution is 0.0936. The minimum absolute atomic E-state index is 0.0653. The Hall–Kier alpha value is -2.88. The van der Waals surface area contributed by atoms with Crippen LogP contribution in [0.1, 0.15) is 34.3 Å². The molecule has 0 radical (unpaired) electrons. The minimum atomic E-state index is -0.115. The number of amides is 1. The number of fused-ring (bicyclic) bond motifs is 1. The molecule has 1 aromatic heterocycles. The molecule has 0 aliphatic rings. The van der Waals surface area contributed by atoms with Crippen LogP contribution in [0.4, 0.5) is 0 Å². The lowest BCUT2D eigenvalue weighted by atomic mass is 9.86. The zero-order chi connectivity index (χ0) is 21.8. The van der Waals surface area contributed by atoms with Crippen LogP contribution in [0.2, 0.25) is 10.0 Å². The molecule has 0 unspecified atom stereocenters. The second kappa shape index (κ2) is 9.51. The molecule has 31 heavy (non-hydrogen) atoms. The normalized spacial score (nSPS) is 13.0. The Kier molecular flexibility index (Phi) is 6.55. The van der Waals surface area contributed by atoms with Crippen molar-refractivity contribution in [2.45, 2.75) is 25.3 Å². The van der Waals surface area contributed by atoms with E-state index in [-0.39, 0.29) is 17.9 Å². The number of nitrogens with zero attached hydrogens (tertiary/aromatic N) is 1. The topological polar surface area (TPSA) is 42.0 Å². The van der Waals surface area contributed by atoms with Crippen LogP contribution >= 0.6 is 23.2 Å². The first-order valence-corrected chi connectivity index (χ1v) is 10.9. The van der Waals surface area contributed by atoms with Gasteiger partial charge in [-0.2, -0.15) is 0 Å². The van der Waals surface area contributed by atoms with E-state index in [0.717, 1.165) is 28.5 Å². The lowest BCUT2D eigenvalue weighted by Crippen LogP contribution is -2.38. The average molecular weight is 449 g/mol. The molecule has 3 nitrogen and oxygen atoms in total. The van der Waals surface area contributed by atoms with Crippen LogP contribution in [0.5, 0.6) is 0 Å². The summed E-state index contributed by atoms with van der Waals surface area (Å²) in [6, 6.07) is 25.0. The first-order chi connectivity index (χ1) is 15.0. The van der Waals surface area contributed by atoms with Gasteiger partial charge in [0.25, 0.3) is 5.91 Å². The monoisotopic (exact) mass is 448 g/mol. The van der Waals surface area contributed by atoms with E-state index in [1.54, 1.807) is 12.3 Å². The number of halogens is 2. The molecular formula is C26H22Cl2N2O. The number of para-hydroxylation sites is 1. The molecule has 5 heteroatoms. The Labute approximate surface area is 192 Å². The van der Waals surface area contributed by atoms with Crippen molar-refractivity contribution in [1.82, 2.24) is 10.3 Å². The van der Waals surface area contributed by atoms with E-state index < -0.39 is 0 Å². The molecule has 1 N–H and O–H groups in total. The SMILES string of the molecule is C[C@@H](NC(=O)c1ccnc2ccccc12)[C@H](Cc1ccc(Cl)cc1)c1ccc(Cl)cc1. The molecule has 0 aliphatic heterocycles. The highest BCUT2D eigenvalue weighted by molar-refractivity contribution is 6.30. The van der Waals surface area contributed by atoms with Crippen molar-refractivity contribution in [2.75, 3.05) is 0 Å². The second-order valence-corrected chi connectivity index (χ2v) is 8.50. The smallest absolute Gasteiger partial charge is 0.252 e. The van der Waals surface area contributed by atoms with Gasteiger partial charge in [-0.3, -0.25) is 9.78 Å². The summed E-state index contributed by atoms with van der Waals surface area (Å²) in [4.78, 5) is 17.5. The number of hydrogen-bond donors (Lipinski definition) is 1. The number of pyridine rings is 1. The van der Waals surface area contributed by atoms with Crippen molar-refractivity contribution >= 4 is 40.0 Å². The van der Waals surface area contributed by atoms with Crippen molar-refractivity contribution in [3.8, 4) is 0 Å². The fourth-order valence-electron chi connectivity index (χ4n) is 3.85. The maximum absolute atomic E-state index is 13.2. The van der Waals surface area contributed by atoms with Crippen LogP contribution in [-0.4, -0.2) is 16.9 Å². The third kappa shape index (κ3) is 5.07. The third-order valence-corrected chi connectivity index (χ3v) is 6.03. The highest BCUT2D eigenvalue weighted by atomic mass is 35.5. The Bertz CT molecular complexity index is 1180. The Morgan fingerprint density at radius 2 is 1.55 bits per heavy atom. The second-order valence-electron chi connectivity index (χ2n) is 7.63. The van der Waals surface area contributed by atoms with Gasteiger partial charge in [-0.1, -0.05) is 65.7 Å². The molecule has 1 amide bonds. The Balaban J connectivity index is 1.61. The van der Waals surface area contributed by atoms with Gasteiger partial charge in [-0.15, -0.1) is 0 Å². The van der Waals surface area contributed by atoms with E-state index in [1.165, 1.54) is 0 Å². The highest BCUT2D eigenvalue weighted by Crippen LogP contribution is 2.27. The van der Waals surface area contributed by atoms with E-state index >= 15 is 0 Å². The van der Waals surface area contributed by atoms with Crippen LogP contribution in [-0.2, 0) is 6.42 Å². The first kappa shape index (κ1) is 21.4. The van der Waals surface area contributed by atoms with Gasteiger partial charge < -0.3 is 5.32 Å². The predicted octanol–water partition coefficient (Wildman–Crippen LogP) is 6.69. The minimum Gasteiger partial charge on any atom is -0.349 e. The number of nitrogens with one attached hydrogen (secondary N) is 1. The van der Waals surface area contributed by atoms with Crippen LogP contribution < -0.4 is 5.32 Å². The molecular weight excluding hydrogens is 427 g/mol. The number of rotatable bonds is 6. The molecule has 3 aromatic carbocycles. The van der Waals surface area contributed by atoms with Crippen molar-refractivity contribution in [1.29, 1.82) is 0 Å². The largest absolute Gasteiger partial charge is 0.349 e. The molecule has 0 bridgehead atoms. The van der Waals surface area contributed by atoms with Crippen LogP contribution in [0.3, 0.4) is 0 Å². The van der Waals surface area contributed by atoms with E-state index in [2.05, 4.69) is 10.3 Å². The van der Waals surface area contributed by atoms with E-state index in [4.69, 9.17) is 23.2 Å². The summed E-state index contributed by atoms with van der Waals surface area (Å²) in [6.07, 6.45) is 2.43. The van der Waals surface area contributed by atoms with Crippen molar-refractivity contribution in [3.05, 3.63) is 112 Å². The van der Waals surface area contributed by atoms with Gasteiger partial charge in [-0.25, -0.2) is 0 Å². The van der Waals surface area contributed by atoms with Gasteiger partial charge in [0.1, 0.15) is 0 Å². The highest BCUT2D eigenvalue weighted by Gasteiger charge is 2.23. The number of aromatic nitrogens is 1. The van der Waals surface area contributed by atoms with Crippen LogP contribution in [0.15, 0.2) is 85.1 Å². The summed E-state index contributed by atoms with van der Waals surface area (Å²) in [5.41, 5.74) is 3.70. The van der Waals surface area contributed by atoms with Gasteiger partial charge in [0.05, 0.1) is 11.1 Å². The number of hydrogen-bond acceptors (Lipinski definition) is 2. The fourth-order valence-corrected chi connectivity index (χ4v) is 4.10. The molecule has 4 aromatic rings. The summed E-state index contributed by atoms with van der Waals surface area (Å²) in [5, 5.41) is 5.45. The van der Waals surface area contributed by atoms with E-state index in [9.17, 15) is 4.79 Å². The van der Waals surface area contributed by atoms with Gasteiger partial charge in [0.15, 0.2) is 0 Å². The summed E-state index contributed by atoms with van der Waals surface area (Å²) in [5.74, 6) is -0.0448. The van der Waals surface area contributed by atoms with Crippen molar-refractivity contribution in [3.63, 3.8) is 0 Å². The summed E-state index contributed by atoms with van der Waals surface area (Å²) in [7, 11) is 0. The number of carbonyl (C=O) groups excluding carboxylic acids is 1. The molecule has 0 fully saturated rings. The molecule has 156 valence electrons. The standard InChI is InChI=1S/C26H22Cl2N2O/c1-17(30-26(31)23-14-15-29-25-5-3-2-4-22(23)25)24(19-8-12-21(28)13-9-19)16-18-6-10-20(27)11-7-18/h2-15,17,24H,16H2,1H3,(H,30,31)/t17-,24+/m1/s1. The van der Waals surface area contributed by atoms with E-state index in [0.29, 0.717) is 15.6 Å². The Morgan fingerprint density at radius 1 is 0.903 bits per heavy atom. The van der Waals surface area contributed by atoms with Crippen molar-refractivity contribution < 1.29 is 4.79 Å². The summed E-state index contributed by atoms with van der Waals surface area (Å²) in [6.45, 7) is 2.04. The molecule has 1 heterocycles. The quantitative estimate of drug-likeness (QED) is 0.357. The van der Waals surface area contributed by atoms with E-state index in [1.807, 2.05) is 79.7 Å². The molecule has 0 saturated heterocycles. The number of carbonyl (C=O) groups is 1. The van der Waals surface area contributed by atoms with Gasteiger partial charge in [-0.05, 0) is 60.9 Å². The molecule has 2 atom stereocenters. The van der Waals surface area contributed by atoms with Gasteiger partial charge >= 0.3 is 0 Å². The lowest BCUT2D eigenvalue weighted by Gasteiger charge is -2.26. The first-order valence-electron chi connectivity index (χ1n) is 10.2. The van der Waals surface area contributed by atoms with Crippen molar-refractivity contribution in [2.24, 2.45) is 0 Å². The molecule has 4 rings (SSSR count). The summed E-state index contributed by atoms with van der Waals surface area (Å²) >= 11 is 12.2. The predicted molar refractivity (Wildman–Crippen MR) is 128 cm³/mol. The third-order valence-electron chi connectivity index (χ3n) is 5.52. The zero-order valence-electron chi connectivity index (χ0n) is 17.1. The van der Waals surface area contributed by atoms with Crippen LogP contribution in [0, 0.1) is 0 Å². The average Bonchev–Trinajstić information content (AvgIpc) is 2.79. The maximum Gasteiger partial charge on any atom is 0.252 e. The van der Waals surface area contributed by atoms with Gasteiger partial charge in [0.2, 0.25) is 0 Å². The number of benzene rings is 3.